The third-order valence-corrected chi connectivity index (χ3v) is 3.89. The predicted molar refractivity (Wildman–Crippen MR) is 72.6 cm³/mol. The molecule has 1 amide bonds. The third kappa shape index (κ3) is 2.32. The van der Waals surface area contributed by atoms with Gasteiger partial charge >= 0.3 is 0 Å². The Balaban J connectivity index is 2.24. The van der Waals surface area contributed by atoms with Gasteiger partial charge in [0.2, 0.25) is 5.91 Å². The number of nitrogens with one attached hydrogen (secondary N) is 1. The molecule has 0 unspecified atom stereocenters. The second-order valence-corrected chi connectivity index (χ2v) is 5.45. The van der Waals surface area contributed by atoms with E-state index in [0.29, 0.717) is 18.8 Å². The van der Waals surface area contributed by atoms with Crippen molar-refractivity contribution in [3.8, 4) is 0 Å². The molecule has 19 heavy (non-hydrogen) atoms. The van der Waals surface area contributed by atoms with Gasteiger partial charge in [-0.2, -0.15) is 0 Å². The lowest BCUT2D eigenvalue weighted by Crippen LogP contribution is -2.54. The Kier molecular flexibility index (Phi) is 3.54. The summed E-state index contributed by atoms with van der Waals surface area (Å²) in [6.45, 7) is 1.97. The lowest BCUT2D eigenvalue weighted by Gasteiger charge is -2.44. The van der Waals surface area contributed by atoms with Crippen LogP contribution in [0.5, 0.6) is 0 Å². The van der Waals surface area contributed by atoms with Crippen LogP contribution < -0.4 is 11.1 Å². The summed E-state index contributed by atoms with van der Waals surface area (Å²) < 4.78 is 27.0. The summed E-state index contributed by atoms with van der Waals surface area (Å²) in [4.78, 5) is 12.3. The topological polar surface area (TPSA) is 55.1 Å². The van der Waals surface area contributed by atoms with Crippen LogP contribution in [0, 0.1) is 23.0 Å². The average Bonchev–Trinajstić information content (AvgIpc) is 2.29. The highest BCUT2D eigenvalue weighted by molar-refractivity contribution is 7.80. The van der Waals surface area contributed by atoms with E-state index in [1.165, 1.54) is 6.07 Å². The fraction of sp³-hybridized carbons (Fsp3) is 0.385. The van der Waals surface area contributed by atoms with Crippen LogP contribution in [0.15, 0.2) is 18.2 Å². The second-order valence-electron chi connectivity index (χ2n) is 5.01. The van der Waals surface area contributed by atoms with Gasteiger partial charge in [-0.1, -0.05) is 25.2 Å². The number of benzene rings is 1. The van der Waals surface area contributed by atoms with Crippen LogP contribution in [0.1, 0.15) is 19.8 Å². The van der Waals surface area contributed by atoms with Gasteiger partial charge in [0, 0.05) is 0 Å². The normalized spacial score (nSPS) is 25.5. The van der Waals surface area contributed by atoms with Gasteiger partial charge in [0.15, 0.2) is 0 Å². The van der Waals surface area contributed by atoms with Crippen molar-refractivity contribution in [2.24, 2.45) is 17.1 Å². The van der Waals surface area contributed by atoms with Crippen molar-refractivity contribution in [2.75, 3.05) is 5.32 Å². The first kappa shape index (κ1) is 13.9. The Hall–Kier alpha value is -1.56. The highest BCUT2D eigenvalue weighted by Gasteiger charge is 2.51. The third-order valence-electron chi connectivity index (χ3n) is 3.50. The van der Waals surface area contributed by atoms with Gasteiger partial charge in [0.05, 0.1) is 10.4 Å². The number of carbonyl (C=O) groups excluding carboxylic acids is 1. The first-order valence-corrected chi connectivity index (χ1v) is 6.33. The van der Waals surface area contributed by atoms with Gasteiger partial charge < -0.3 is 11.1 Å². The number of nitrogens with two attached hydrogens (primary N) is 1. The Morgan fingerprint density at radius 3 is 2.37 bits per heavy atom. The molecule has 6 heteroatoms. The number of hydrogen-bond donors (Lipinski definition) is 2. The largest absolute Gasteiger partial charge is 0.392 e. The molecule has 0 spiro atoms. The average molecular weight is 284 g/mol. The van der Waals surface area contributed by atoms with Crippen molar-refractivity contribution >= 4 is 28.8 Å². The predicted octanol–water partition coefficient (Wildman–Crippen LogP) is 2.61. The molecule has 1 aromatic rings. The van der Waals surface area contributed by atoms with Gasteiger partial charge in [-0.15, -0.1) is 0 Å². The van der Waals surface area contributed by atoms with Gasteiger partial charge in [0.25, 0.3) is 0 Å². The van der Waals surface area contributed by atoms with E-state index < -0.39 is 28.6 Å². The minimum Gasteiger partial charge on any atom is -0.392 e. The number of amides is 1. The molecule has 1 aliphatic carbocycles. The summed E-state index contributed by atoms with van der Waals surface area (Å²) in [5.74, 6) is -1.86. The summed E-state index contributed by atoms with van der Waals surface area (Å²) in [6.07, 6.45) is 1.01. The summed E-state index contributed by atoms with van der Waals surface area (Å²) in [5, 5.41) is 2.27. The summed E-state index contributed by atoms with van der Waals surface area (Å²) in [7, 11) is 0. The molecule has 0 heterocycles. The van der Waals surface area contributed by atoms with Crippen molar-refractivity contribution in [2.45, 2.75) is 19.8 Å². The number of anilines is 1. The fourth-order valence-electron chi connectivity index (χ4n) is 2.48. The quantitative estimate of drug-likeness (QED) is 0.839. The lowest BCUT2D eigenvalue weighted by molar-refractivity contribution is -0.127. The van der Waals surface area contributed by atoms with E-state index in [2.05, 4.69) is 5.32 Å². The molecule has 0 aromatic heterocycles. The van der Waals surface area contributed by atoms with Crippen LogP contribution >= 0.6 is 12.2 Å². The molecule has 0 atom stereocenters. The maximum atomic E-state index is 13.5. The van der Waals surface area contributed by atoms with Crippen LogP contribution in [0.2, 0.25) is 0 Å². The Labute approximate surface area is 115 Å². The van der Waals surface area contributed by atoms with Crippen molar-refractivity contribution < 1.29 is 13.6 Å². The summed E-state index contributed by atoms with van der Waals surface area (Å²) in [6, 6.07) is 3.39. The maximum Gasteiger partial charge on any atom is 0.237 e. The van der Waals surface area contributed by atoms with Gasteiger partial charge in [-0.05, 0) is 30.9 Å². The molecule has 1 fully saturated rings. The van der Waals surface area contributed by atoms with E-state index in [1.54, 1.807) is 0 Å². The highest BCUT2D eigenvalue weighted by Crippen LogP contribution is 2.46. The monoisotopic (exact) mass is 284 g/mol. The van der Waals surface area contributed by atoms with Crippen LogP contribution in [0.3, 0.4) is 0 Å². The molecule has 0 bridgehead atoms. The van der Waals surface area contributed by atoms with Crippen LogP contribution in [0.25, 0.3) is 0 Å². The van der Waals surface area contributed by atoms with Crippen molar-refractivity contribution in [1.29, 1.82) is 0 Å². The minimum atomic E-state index is -0.983. The zero-order valence-corrected chi connectivity index (χ0v) is 11.2. The number of carbonyl (C=O) groups is 1. The summed E-state index contributed by atoms with van der Waals surface area (Å²) >= 11 is 4.92. The number of hydrogen-bond acceptors (Lipinski definition) is 2. The SMILES string of the molecule is CC1CC(C(=O)Nc2c(F)cccc2F)(C(N)=S)C1. The van der Waals surface area contributed by atoms with Crippen LogP contribution in [-0.2, 0) is 4.79 Å². The Morgan fingerprint density at radius 2 is 1.95 bits per heavy atom. The van der Waals surface area contributed by atoms with Crippen molar-refractivity contribution in [1.82, 2.24) is 0 Å². The van der Waals surface area contributed by atoms with E-state index in [4.69, 9.17) is 18.0 Å². The molecule has 3 N–H and O–H groups in total. The van der Waals surface area contributed by atoms with E-state index in [-0.39, 0.29) is 4.99 Å². The van der Waals surface area contributed by atoms with Crippen LogP contribution in [-0.4, -0.2) is 10.9 Å². The number of rotatable bonds is 3. The van der Waals surface area contributed by atoms with Crippen molar-refractivity contribution in [3.05, 3.63) is 29.8 Å². The molecule has 1 aliphatic rings. The smallest absolute Gasteiger partial charge is 0.237 e. The molecule has 1 saturated carbocycles. The molecule has 2 rings (SSSR count). The molecule has 3 nitrogen and oxygen atoms in total. The van der Waals surface area contributed by atoms with Crippen molar-refractivity contribution in [3.63, 3.8) is 0 Å². The fourth-order valence-corrected chi connectivity index (χ4v) is 2.74. The molecule has 0 radical (unpaired) electrons. The number of halogens is 2. The minimum absolute atomic E-state index is 0.0693. The standard InChI is InChI=1S/C13H14F2N2OS/c1-7-5-13(6-7,11(16)19)12(18)17-10-8(14)3-2-4-9(10)15/h2-4,7H,5-6H2,1H3,(H2,16,19)(H,17,18). The first-order valence-electron chi connectivity index (χ1n) is 5.92. The zero-order valence-electron chi connectivity index (χ0n) is 10.4. The number of para-hydroxylation sites is 1. The van der Waals surface area contributed by atoms with Gasteiger partial charge in [-0.3, -0.25) is 4.79 Å². The summed E-state index contributed by atoms with van der Waals surface area (Å²) in [5.41, 5.74) is 4.17. The molecule has 0 aliphatic heterocycles. The van der Waals surface area contributed by atoms with E-state index in [1.807, 2.05) is 6.92 Å². The zero-order chi connectivity index (χ0) is 14.2. The molecular formula is C13H14F2N2OS. The van der Waals surface area contributed by atoms with Crippen LogP contribution in [0.4, 0.5) is 14.5 Å². The highest BCUT2D eigenvalue weighted by atomic mass is 32.1. The van der Waals surface area contributed by atoms with E-state index in [9.17, 15) is 13.6 Å². The molecule has 0 saturated heterocycles. The number of thiocarbonyl (C=S) groups is 1. The molecule has 1 aromatic carbocycles. The Bertz CT molecular complexity index is 521. The second kappa shape index (κ2) is 4.85. The lowest BCUT2D eigenvalue weighted by atomic mass is 9.62. The van der Waals surface area contributed by atoms with E-state index in [0.717, 1.165) is 12.1 Å². The molecular weight excluding hydrogens is 270 g/mol. The Morgan fingerprint density at radius 1 is 1.42 bits per heavy atom. The molecule has 102 valence electrons. The maximum absolute atomic E-state index is 13.5. The van der Waals surface area contributed by atoms with Gasteiger partial charge in [-0.25, -0.2) is 8.78 Å². The van der Waals surface area contributed by atoms with Gasteiger partial charge in [0.1, 0.15) is 17.3 Å². The van der Waals surface area contributed by atoms with E-state index >= 15 is 0 Å². The first-order chi connectivity index (χ1) is 8.86.